The molecule has 0 saturated heterocycles. The molecule has 0 aromatic rings. The minimum atomic E-state index is 0.123. The van der Waals surface area contributed by atoms with Crippen LogP contribution in [0.3, 0.4) is 0 Å². The first-order valence-electron chi connectivity index (χ1n) is 2.07. The Hall–Kier alpha value is -0.810. The highest BCUT2D eigenvalue weighted by atomic mass is 16.2. The fourth-order valence-electron chi connectivity index (χ4n) is 0.211. The van der Waals surface area contributed by atoms with Crippen LogP contribution < -0.4 is 0 Å². The third-order valence-corrected chi connectivity index (χ3v) is 0.488. The van der Waals surface area contributed by atoms with E-state index in [1.54, 1.807) is 6.08 Å². The number of rotatable bonds is 2. The van der Waals surface area contributed by atoms with Gasteiger partial charge in [0.25, 0.3) is 0 Å². The summed E-state index contributed by atoms with van der Waals surface area (Å²) in [6.45, 7) is 0.123. The summed E-state index contributed by atoms with van der Waals surface area (Å²) in [6.07, 6.45) is 3.56. The molecule has 0 fully saturated rings. The van der Waals surface area contributed by atoms with Gasteiger partial charge in [0.2, 0.25) is 0 Å². The van der Waals surface area contributed by atoms with Crippen LogP contribution in [0.2, 0.25) is 0 Å². The van der Waals surface area contributed by atoms with Crippen LogP contribution in [0.15, 0.2) is 12.2 Å². The smallest absolute Gasteiger partial charge is 0.0908 e. The molecule has 0 heterocycles. The number of nitriles is 1. The largest absolute Gasteiger partial charge is 0.396 e. The maximum absolute atomic E-state index is 8.13. The zero-order valence-electron chi connectivity index (χ0n) is 3.96. The lowest BCUT2D eigenvalue weighted by molar-refractivity contribution is 0.302. The molecule has 0 unspecified atom stereocenters. The molecule has 2 heteroatoms. The van der Waals surface area contributed by atoms with E-state index in [0.29, 0.717) is 6.42 Å². The van der Waals surface area contributed by atoms with Gasteiger partial charge in [0.05, 0.1) is 6.07 Å². The molecule has 0 spiro atoms. The fraction of sp³-hybridized carbons (Fsp3) is 0.400. The van der Waals surface area contributed by atoms with E-state index < -0.39 is 0 Å². The number of allylic oxidation sites excluding steroid dienone is 1. The Morgan fingerprint density at radius 2 is 2.43 bits per heavy atom. The van der Waals surface area contributed by atoms with Crippen molar-refractivity contribution >= 4 is 0 Å². The monoisotopic (exact) mass is 97.1 g/mol. The standard InChI is InChI=1S/C5H7NO/c6-4-2-1-3-5-7/h1-2,7H,3,5H2. The number of nitrogens with zero attached hydrogens (tertiary/aromatic N) is 1. The fourth-order valence-corrected chi connectivity index (χ4v) is 0.211. The van der Waals surface area contributed by atoms with Crippen molar-refractivity contribution in [2.24, 2.45) is 0 Å². The number of aliphatic hydroxyl groups excluding tert-OH is 1. The lowest BCUT2D eigenvalue weighted by atomic mass is 10.4. The molecular weight excluding hydrogens is 90.1 g/mol. The quantitative estimate of drug-likeness (QED) is 0.508. The Bertz CT molecular complexity index is 90.7. The first kappa shape index (κ1) is 6.19. The SMILES string of the molecule is N#CC=CCCO. The van der Waals surface area contributed by atoms with Gasteiger partial charge in [0, 0.05) is 12.7 Å². The van der Waals surface area contributed by atoms with E-state index in [1.807, 2.05) is 6.07 Å². The predicted molar refractivity (Wildman–Crippen MR) is 26.5 cm³/mol. The van der Waals surface area contributed by atoms with Crippen LogP contribution in [-0.2, 0) is 0 Å². The van der Waals surface area contributed by atoms with Gasteiger partial charge >= 0.3 is 0 Å². The van der Waals surface area contributed by atoms with Gasteiger partial charge < -0.3 is 5.11 Å². The molecule has 1 N–H and O–H groups in total. The van der Waals surface area contributed by atoms with Gasteiger partial charge in [-0.15, -0.1) is 0 Å². The third kappa shape index (κ3) is 5.19. The second-order valence-electron chi connectivity index (χ2n) is 1.04. The van der Waals surface area contributed by atoms with Crippen molar-refractivity contribution in [3.05, 3.63) is 12.2 Å². The van der Waals surface area contributed by atoms with Gasteiger partial charge in [-0.1, -0.05) is 6.08 Å². The summed E-state index contributed by atoms with van der Waals surface area (Å²) in [5.41, 5.74) is 0. The zero-order valence-corrected chi connectivity index (χ0v) is 3.96. The van der Waals surface area contributed by atoms with E-state index in [1.165, 1.54) is 6.08 Å². The highest BCUT2D eigenvalue weighted by Crippen LogP contribution is 1.76. The highest BCUT2D eigenvalue weighted by molar-refractivity contribution is 5.01. The summed E-state index contributed by atoms with van der Waals surface area (Å²) >= 11 is 0. The molecular formula is C5H7NO. The summed E-state index contributed by atoms with van der Waals surface area (Å²) in [5.74, 6) is 0. The van der Waals surface area contributed by atoms with Crippen molar-refractivity contribution in [2.45, 2.75) is 6.42 Å². The van der Waals surface area contributed by atoms with E-state index in [0.717, 1.165) is 0 Å². The average molecular weight is 97.1 g/mol. The molecule has 0 saturated carbocycles. The van der Waals surface area contributed by atoms with Crippen LogP contribution >= 0.6 is 0 Å². The van der Waals surface area contributed by atoms with Gasteiger partial charge in [-0.3, -0.25) is 0 Å². The molecule has 2 nitrogen and oxygen atoms in total. The summed E-state index contributed by atoms with van der Waals surface area (Å²) in [5, 5.41) is 16.0. The maximum Gasteiger partial charge on any atom is 0.0908 e. The molecule has 0 rings (SSSR count). The van der Waals surface area contributed by atoms with Crippen molar-refractivity contribution in [1.82, 2.24) is 0 Å². The Morgan fingerprint density at radius 3 is 2.86 bits per heavy atom. The summed E-state index contributed by atoms with van der Waals surface area (Å²) in [4.78, 5) is 0. The summed E-state index contributed by atoms with van der Waals surface area (Å²) in [6, 6.07) is 1.81. The third-order valence-electron chi connectivity index (χ3n) is 0.488. The Labute approximate surface area is 42.7 Å². The second-order valence-corrected chi connectivity index (χ2v) is 1.04. The van der Waals surface area contributed by atoms with Gasteiger partial charge in [-0.2, -0.15) is 5.26 Å². The number of hydrogen-bond acceptors (Lipinski definition) is 2. The Balaban J connectivity index is 2.97. The van der Waals surface area contributed by atoms with E-state index in [2.05, 4.69) is 0 Å². The zero-order chi connectivity index (χ0) is 5.54. The average Bonchev–Trinajstić information content (AvgIpc) is 1.69. The normalized spacial score (nSPS) is 9.14. The van der Waals surface area contributed by atoms with Crippen LogP contribution in [0, 0.1) is 11.3 Å². The molecule has 7 heavy (non-hydrogen) atoms. The van der Waals surface area contributed by atoms with Gasteiger partial charge in [0.15, 0.2) is 0 Å². The molecule has 38 valence electrons. The maximum atomic E-state index is 8.13. The summed E-state index contributed by atoms with van der Waals surface area (Å²) < 4.78 is 0. The van der Waals surface area contributed by atoms with Crippen LogP contribution in [0.5, 0.6) is 0 Å². The van der Waals surface area contributed by atoms with Crippen LogP contribution in [0.25, 0.3) is 0 Å². The molecule has 0 amide bonds. The lowest BCUT2D eigenvalue weighted by Crippen LogP contribution is -1.73. The van der Waals surface area contributed by atoms with Crippen molar-refractivity contribution in [1.29, 1.82) is 5.26 Å². The Kier molecular flexibility index (Phi) is 4.59. The molecule has 0 aliphatic rings. The van der Waals surface area contributed by atoms with Gasteiger partial charge in [0.1, 0.15) is 0 Å². The van der Waals surface area contributed by atoms with Gasteiger partial charge in [-0.05, 0) is 6.42 Å². The first-order valence-corrected chi connectivity index (χ1v) is 2.07. The van der Waals surface area contributed by atoms with Crippen molar-refractivity contribution in [3.63, 3.8) is 0 Å². The van der Waals surface area contributed by atoms with E-state index in [9.17, 15) is 0 Å². The molecule has 0 atom stereocenters. The topological polar surface area (TPSA) is 44.0 Å². The van der Waals surface area contributed by atoms with E-state index >= 15 is 0 Å². The van der Waals surface area contributed by atoms with Crippen LogP contribution in [0.1, 0.15) is 6.42 Å². The predicted octanol–water partition coefficient (Wildman–Crippen LogP) is 0.449. The first-order chi connectivity index (χ1) is 3.41. The van der Waals surface area contributed by atoms with Crippen LogP contribution in [0.4, 0.5) is 0 Å². The van der Waals surface area contributed by atoms with Crippen molar-refractivity contribution in [3.8, 4) is 6.07 Å². The highest BCUT2D eigenvalue weighted by Gasteiger charge is 1.68. The van der Waals surface area contributed by atoms with Crippen LogP contribution in [-0.4, -0.2) is 11.7 Å². The number of hydrogen-bond donors (Lipinski definition) is 1. The second kappa shape index (κ2) is 5.19. The molecule has 0 aliphatic carbocycles. The molecule has 0 aliphatic heterocycles. The van der Waals surface area contributed by atoms with Crippen molar-refractivity contribution < 1.29 is 5.11 Å². The molecule has 0 aromatic carbocycles. The van der Waals surface area contributed by atoms with E-state index in [-0.39, 0.29) is 6.61 Å². The number of aliphatic hydroxyl groups is 1. The Morgan fingerprint density at radius 1 is 1.71 bits per heavy atom. The molecule has 0 aromatic heterocycles. The lowest BCUT2D eigenvalue weighted by Gasteiger charge is -1.75. The minimum absolute atomic E-state index is 0.123. The molecule has 0 bridgehead atoms. The van der Waals surface area contributed by atoms with Crippen molar-refractivity contribution in [2.75, 3.05) is 6.61 Å². The molecule has 0 radical (unpaired) electrons. The van der Waals surface area contributed by atoms with Gasteiger partial charge in [-0.25, -0.2) is 0 Å². The van der Waals surface area contributed by atoms with E-state index in [4.69, 9.17) is 10.4 Å². The minimum Gasteiger partial charge on any atom is -0.396 e. The summed E-state index contributed by atoms with van der Waals surface area (Å²) in [7, 11) is 0.